The Bertz CT molecular complexity index is 1450. The van der Waals surface area contributed by atoms with E-state index in [0.717, 1.165) is 29.8 Å². The van der Waals surface area contributed by atoms with Gasteiger partial charge in [-0.3, -0.25) is 0 Å². The molecule has 2 aliphatic rings. The fraction of sp³-hybridized carbons (Fsp3) is 0.308. The average molecular weight is 488 g/mol. The topological polar surface area (TPSA) is 118 Å². The predicted molar refractivity (Wildman–Crippen MR) is 124 cm³/mol. The van der Waals surface area contributed by atoms with Gasteiger partial charge < -0.3 is 10.2 Å². The largest absolute Gasteiger partial charge is 0.393 e. The van der Waals surface area contributed by atoms with Gasteiger partial charge >= 0.3 is 0 Å². The predicted octanol–water partition coefficient (Wildman–Crippen LogP) is 3.51. The van der Waals surface area contributed by atoms with Gasteiger partial charge in [-0.2, -0.15) is 5.10 Å². The molecule has 3 aromatic heterocycles. The molecule has 1 saturated carbocycles. The molecule has 3 heterocycles. The smallest absolute Gasteiger partial charge is 0.162 e. The number of aliphatic hydroxyl groups is 2. The van der Waals surface area contributed by atoms with Crippen LogP contribution in [0.15, 0.2) is 48.9 Å². The minimum absolute atomic E-state index is 0.116. The number of halogens is 2. The molecule has 8 nitrogen and oxygen atoms in total. The summed E-state index contributed by atoms with van der Waals surface area (Å²) in [7, 11) is 0. The lowest BCUT2D eigenvalue weighted by atomic mass is 9.75. The Morgan fingerprint density at radius 2 is 1.83 bits per heavy atom. The van der Waals surface area contributed by atoms with Gasteiger partial charge in [0, 0.05) is 18.6 Å². The first-order valence-electron chi connectivity index (χ1n) is 11.7. The molecular formula is C26H22F2N6O2. The summed E-state index contributed by atoms with van der Waals surface area (Å²) in [6.07, 6.45) is 5.26. The molecule has 0 amide bonds. The van der Waals surface area contributed by atoms with Crippen LogP contribution in [0.4, 0.5) is 8.78 Å². The lowest BCUT2D eigenvalue weighted by molar-refractivity contribution is 0.0886. The van der Waals surface area contributed by atoms with E-state index in [4.69, 9.17) is 10.1 Å². The number of hydrogen-bond donors (Lipinski definition) is 2. The standard InChI is InChI=1S/C26H22F2N6O2/c1-13-15-5-7-26(13,23-16(15)9-19(33-34-23)22-17(27)3-2-4-18(22)28)21-6-8-29-24(32-21)14-10-30-25(31-11-14)20(36)12-35/h2-4,6,8-11,13,15,20,35-36H,5,7,12H2,1H3/t13?,15-,20-,26+/m1/s1. The first-order valence-corrected chi connectivity index (χ1v) is 11.7. The summed E-state index contributed by atoms with van der Waals surface area (Å²) in [5.74, 6) is -0.473. The number of aliphatic hydroxyl groups excluding tert-OH is 2. The maximum Gasteiger partial charge on any atom is 0.162 e. The Kier molecular flexibility index (Phi) is 5.31. The molecule has 2 aliphatic carbocycles. The molecule has 4 atom stereocenters. The van der Waals surface area contributed by atoms with Gasteiger partial charge in [0.25, 0.3) is 0 Å². The van der Waals surface area contributed by atoms with E-state index >= 15 is 0 Å². The summed E-state index contributed by atoms with van der Waals surface area (Å²) in [6.45, 7) is 1.68. The fourth-order valence-electron chi connectivity index (χ4n) is 5.80. The lowest BCUT2D eigenvalue weighted by Crippen LogP contribution is -2.31. The summed E-state index contributed by atoms with van der Waals surface area (Å²) in [5.41, 5.74) is 2.62. The van der Waals surface area contributed by atoms with E-state index in [1.807, 2.05) is 6.07 Å². The summed E-state index contributed by atoms with van der Waals surface area (Å²) in [4.78, 5) is 17.5. The highest BCUT2D eigenvalue weighted by Gasteiger charge is 2.58. The molecule has 1 fully saturated rings. The molecule has 2 bridgehead atoms. The molecule has 1 aromatic carbocycles. The van der Waals surface area contributed by atoms with Gasteiger partial charge in [0.05, 0.1) is 40.2 Å². The molecular weight excluding hydrogens is 466 g/mol. The Balaban J connectivity index is 1.42. The normalized spacial score (nSPS) is 23.0. The molecule has 182 valence electrons. The second-order valence-corrected chi connectivity index (χ2v) is 9.33. The van der Waals surface area contributed by atoms with Crippen LogP contribution in [0, 0.1) is 17.6 Å². The van der Waals surface area contributed by atoms with Crippen molar-refractivity contribution in [3.05, 3.63) is 83.3 Å². The maximum atomic E-state index is 14.4. The first-order chi connectivity index (χ1) is 17.4. The number of nitrogens with zero attached hydrogens (tertiary/aromatic N) is 6. The zero-order chi connectivity index (χ0) is 25.0. The van der Waals surface area contributed by atoms with E-state index in [0.29, 0.717) is 11.4 Å². The molecule has 2 N–H and O–H groups in total. The molecule has 6 rings (SSSR count). The summed E-state index contributed by atoms with van der Waals surface area (Å²) in [5, 5.41) is 27.6. The number of rotatable bonds is 5. The van der Waals surface area contributed by atoms with Gasteiger partial charge in [0.2, 0.25) is 0 Å². The summed E-state index contributed by atoms with van der Waals surface area (Å²) >= 11 is 0. The van der Waals surface area contributed by atoms with Crippen LogP contribution >= 0.6 is 0 Å². The fourth-order valence-corrected chi connectivity index (χ4v) is 5.80. The molecule has 4 aromatic rings. The highest BCUT2D eigenvalue weighted by atomic mass is 19.1. The van der Waals surface area contributed by atoms with Crippen molar-refractivity contribution in [2.45, 2.75) is 37.2 Å². The van der Waals surface area contributed by atoms with Gasteiger partial charge in [-0.15, -0.1) is 5.10 Å². The Morgan fingerprint density at radius 1 is 1.08 bits per heavy atom. The SMILES string of the molecule is CC1[C@H]2CC[C@]1(c1ccnc(-c3cnc([C@H](O)CO)nc3)n1)c1nnc(-c3c(F)cccc3F)cc12. The monoisotopic (exact) mass is 488 g/mol. The van der Waals surface area contributed by atoms with E-state index in [1.165, 1.54) is 30.6 Å². The van der Waals surface area contributed by atoms with Crippen molar-refractivity contribution in [2.75, 3.05) is 6.61 Å². The van der Waals surface area contributed by atoms with Crippen LogP contribution in [0.5, 0.6) is 0 Å². The van der Waals surface area contributed by atoms with E-state index in [9.17, 15) is 13.9 Å². The number of hydrogen-bond acceptors (Lipinski definition) is 8. The molecule has 0 saturated heterocycles. The highest BCUT2D eigenvalue weighted by molar-refractivity contribution is 5.63. The molecule has 1 unspecified atom stereocenters. The maximum absolute atomic E-state index is 14.4. The Labute approximate surface area is 205 Å². The third-order valence-electron chi connectivity index (χ3n) is 7.61. The minimum Gasteiger partial charge on any atom is -0.393 e. The van der Waals surface area contributed by atoms with Crippen molar-refractivity contribution in [1.82, 2.24) is 30.1 Å². The van der Waals surface area contributed by atoms with Crippen molar-refractivity contribution in [1.29, 1.82) is 0 Å². The third kappa shape index (κ3) is 3.25. The third-order valence-corrected chi connectivity index (χ3v) is 7.61. The molecule has 10 heteroatoms. The van der Waals surface area contributed by atoms with E-state index < -0.39 is 29.8 Å². The number of fused-ring (bicyclic) bond motifs is 5. The van der Waals surface area contributed by atoms with Crippen LogP contribution in [0.3, 0.4) is 0 Å². The quantitative estimate of drug-likeness (QED) is 0.438. The van der Waals surface area contributed by atoms with Crippen LogP contribution in [-0.4, -0.2) is 47.0 Å². The lowest BCUT2D eigenvalue weighted by Gasteiger charge is -2.30. The van der Waals surface area contributed by atoms with Gasteiger partial charge in [-0.25, -0.2) is 28.7 Å². The number of benzene rings is 1. The summed E-state index contributed by atoms with van der Waals surface area (Å²) in [6, 6.07) is 7.40. The van der Waals surface area contributed by atoms with Crippen LogP contribution in [-0.2, 0) is 5.41 Å². The van der Waals surface area contributed by atoms with Gasteiger partial charge in [0.15, 0.2) is 11.6 Å². The van der Waals surface area contributed by atoms with Crippen molar-refractivity contribution in [3.8, 4) is 22.6 Å². The average Bonchev–Trinajstić information content (AvgIpc) is 3.37. The second kappa shape index (κ2) is 8.42. The zero-order valence-corrected chi connectivity index (χ0v) is 19.3. The molecule has 36 heavy (non-hydrogen) atoms. The van der Waals surface area contributed by atoms with Crippen LogP contribution < -0.4 is 0 Å². The molecule has 0 radical (unpaired) electrons. The summed E-state index contributed by atoms with van der Waals surface area (Å²) < 4.78 is 28.9. The zero-order valence-electron chi connectivity index (χ0n) is 19.3. The Morgan fingerprint density at radius 3 is 2.56 bits per heavy atom. The van der Waals surface area contributed by atoms with Gasteiger partial charge in [0.1, 0.15) is 17.7 Å². The van der Waals surface area contributed by atoms with Gasteiger partial charge in [-0.1, -0.05) is 13.0 Å². The second-order valence-electron chi connectivity index (χ2n) is 9.33. The molecule has 0 spiro atoms. The van der Waals surface area contributed by atoms with E-state index in [-0.39, 0.29) is 28.9 Å². The highest BCUT2D eigenvalue weighted by Crippen LogP contribution is 2.62. The van der Waals surface area contributed by atoms with Crippen molar-refractivity contribution < 1.29 is 19.0 Å². The first kappa shape index (κ1) is 22.7. The van der Waals surface area contributed by atoms with Gasteiger partial charge in [-0.05, 0) is 54.5 Å². The van der Waals surface area contributed by atoms with Crippen molar-refractivity contribution in [2.24, 2.45) is 5.92 Å². The van der Waals surface area contributed by atoms with Crippen molar-refractivity contribution >= 4 is 0 Å². The van der Waals surface area contributed by atoms with E-state index in [1.54, 1.807) is 12.3 Å². The van der Waals surface area contributed by atoms with Crippen LogP contribution in [0.1, 0.15) is 54.6 Å². The van der Waals surface area contributed by atoms with Crippen molar-refractivity contribution in [3.63, 3.8) is 0 Å². The number of aromatic nitrogens is 6. The van der Waals surface area contributed by atoms with E-state index in [2.05, 4.69) is 32.1 Å². The minimum atomic E-state index is -1.15. The Hall–Kier alpha value is -3.76. The molecule has 0 aliphatic heterocycles. The van der Waals surface area contributed by atoms with Crippen LogP contribution in [0.2, 0.25) is 0 Å². The van der Waals surface area contributed by atoms with Crippen LogP contribution in [0.25, 0.3) is 22.6 Å².